The van der Waals surface area contributed by atoms with Crippen LogP contribution < -0.4 is 0 Å². The fourth-order valence-electron chi connectivity index (χ4n) is 4.05. The number of thioether (sulfide) groups is 1. The molecular weight excluding hydrogens is 461 g/mol. The molecule has 1 aliphatic carbocycles. The number of thiazole rings is 1. The highest BCUT2D eigenvalue weighted by atomic mass is 35.5. The van der Waals surface area contributed by atoms with Gasteiger partial charge in [0.2, 0.25) is 0 Å². The van der Waals surface area contributed by atoms with E-state index in [1.807, 2.05) is 12.1 Å². The van der Waals surface area contributed by atoms with Gasteiger partial charge in [-0.3, -0.25) is 0 Å². The first-order valence-corrected chi connectivity index (χ1v) is 13.0. The molecule has 4 nitrogen and oxygen atoms in total. The maximum Gasteiger partial charge on any atom is 0.355 e. The molecule has 3 rings (SSSR count). The molecule has 0 radical (unpaired) electrons. The number of rotatable bonds is 10. The Hall–Kier alpha value is -0.790. The van der Waals surface area contributed by atoms with Crippen LogP contribution in [-0.4, -0.2) is 37.7 Å². The number of aliphatic hydroxyl groups is 1. The lowest BCUT2D eigenvalue weighted by Crippen LogP contribution is -2.17. The van der Waals surface area contributed by atoms with Gasteiger partial charge in [-0.2, -0.15) is 0 Å². The predicted octanol–water partition coefficient (Wildman–Crippen LogP) is 6.57. The van der Waals surface area contributed by atoms with Gasteiger partial charge in [0.05, 0.1) is 6.10 Å². The van der Waals surface area contributed by atoms with Gasteiger partial charge < -0.3 is 10.2 Å². The van der Waals surface area contributed by atoms with E-state index < -0.39 is 12.1 Å². The number of hydrogen-bond donors (Lipinski definition) is 2. The van der Waals surface area contributed by atoms with Crippen molar-refractivity contribution in [1.29, 1.82) is 0 Å². The Morgan fingerprint density at radius 2 is 2.03 bits per heavy atom. The molecule has 0 aliphatic heterocycles. The van der Waals surface area contributed by atoms with Crippen LogP contribution in [0.3, 0.4) is 0 Å². The largest absolute Gasteiger partial charge is 0.476 e. The van der Waals surface area contributed by atoms with Crippen molar-refractivity contribution in [3.63, 3.8) is 0 Å². The number of carboxylic acids is 1. The molecule has 0 bridgehead atoms. The minimum Gasteiger partial charge on any atom is -0.476 e. The lowest BCUT2D eigenvalue weighted by Gasteiger charge is -2.24. The van der Waals surface area contributed by atoms with Gasteiger partial charge in [0.1, 0.15) is 0 Å². The van der Waals surface area contributed by atoms with E-state index >= 15 is 0 Å². The third kappa shape index (κ3) is 5.92. The van der Waals surface area contributed by atoms with Crippen molar-refractivity contribution in [2.24, 2.45) is 5.92 Å². The number of halogens is 2. The van der Waals surface area contributed by atoms with Gasteiger partial charge in [0, 0.05) is 27.8 Å². The lowest BCUT2D eigenvalue weighted by atomic mass is 9.86. The summed E-state index contributed by atoms with van der Waals surface area (Å²) in [4.78, 5) is 15.1. The number of aliphatic hydroxyl groups excluding tert-OH is 1. The Labute approximate surface area is 196 Å². The van der Waals surface area contributed by atoms with Crippen LogP contribution in [-0.2, 0) is 0 Å². The SMILES string of the molecule is CCCCC(O)c1ccc(C2C(Cl)CC(Cl)C2CCSc2nc(C(=O)O)cs2)cc1. The smallest absolute Gasteiger partial charge is 0.355 e. The van der Waals surface area contributed by atoms with E-state index in [2.05, 4.69) is 24.0 Å². The molecule has 1 aromatic carbocycles. The monoisotopic (exact) mass is 487 g/mol. The zero-order valence-electron chi connectivity index (χ0n) is 16.8. The van der Waals surface area contributed by atoms with E-state index in [1.54, 1.807) is 17.1 Å². The summed E-state index contributed by atoms with van der Waals surface area (Å²) < 4.78 is 0.765. The molecule has 1 aromatic heterocycles. The number of benzene rings is 1. The first-order valence-electron chi connectivity index (χ1n) is 10.3. The van der Waals surface area contributed by atoms with Gasteiger partial charge in [-0.25, -0.2) is 9.78 Å². The van der Waals surface area contributed by atoms with E-state index in [0.717, 1.165) is 47.8 Å². The molecule has 164 valence electrons. The van der Waals surface area contributed by atoms with Crippen LogP contribution in [0.25, 0.3) is 0 Å². The zero-order valence-corrected chi connectivity index (χ0v) is 20.0. The molecule has 1 heterocycles. The first kappa shape index (κ1) is 23.9. The average Bonchev–Trinajstić information content (AvgIpc) is 3.31. The maximum atomic E-state index is 11.0. The van der Waals surface area contributed by atoms with Crippen LogP contribution in [0.15, 0.2) is 34.0 Å². The highest BCUT2D eigenvalue weighted by molar-refractivity contribution is 8.01. The highest BCUT2D eigenvalue weighted by Gasteiger charge is 2.42. The third-order valence-corrected chi connectivity index (χ3v) is 8.69. The maximum absolute atomic E-state index is 11.0. The van der Waals surface area contributed by atoms with Crippen LogP contribution in [0.4, 0.5) is 0 Å². The second-order valence-corrected chi connectivity index (χ2v) is 11.0. The molecule has 0 amide bonds. The predicted molar refractivity (Wildman–Crippen MR) is 125 cm³/mol. The number of carboxylic acid groups (broad SMARTS) is 1. The van der Waals surface area contributed by atoms with E-state index in [-0.39, 0.29) is 28.3 Å². The van der Waals surface area contributed by atoms with Gasteiger partial charge in [-0.1, -0.05) is 55.8 Å². The Bertz CT molecular complexity index is 830. The highest BCUT2D eigenvalue weighted by Crippen LogP contribution is 2.47. The number of nitrogens with zero attached hydrogens (tertiary/aromatic N) is 1. The number of alkyl halides is 2. The van der Waals surface area contributed by atoms with E-state index in [0.29, 0.717) is 0 Å². The summed E-state index contributed by atoms with van der Waals surface area (Å²) >= 11 is 16.3. The molecule has 1 saturated carbocycles. The molecule has 1 fully saturated rings. The molecule has 2 N–H and O–H groups in total. The fraction of sp³-hybridized carbons (Fsp3) is 0.545. The van der Waals surface area contributed by atoms with Gasteiger partial charge in [-0.05, 0) is 36.3 Å². The van der Waals surface area contributed by atoms with Crippen LogP contribution in [0.2, 0.25) is 0 Å². The summed E-state index contributed by atoms with van der Waals surface area (Å²) in [5.41, 5.74) is 2.21. The van der Waals surface area contributed by atoms with Crippen molar-refractivity contribution in [3.8, 4) is 0 Å². The number of hydrogen-bond acceptors (Lipinski definition) is 5. The van der Waals surface area contributed by atoms with Crippen LogP contribution in [0, 0.1) is 5.92 Å². The Morgan fingerprint density at radius 3 is 2.67 bits per heavy atom. The third-order valence-electron chi connectivity index (χ3n) is 5.68. The first-order chi connectivity index (χ1) is 14.4. The van der Waals surface area contributed by atoms with E-state index in [1.165, 1.54) is 16.9 Å². The summed E-state index contributed by atoms with van der Waals surface area (Å²) in [7, 11) is 0. The number of carbonyl (C=O) groups is 1. The average molecular weight is 489 g/mol. The molecular formula is C22H27Cl2NO3S2. The molecule has 1 aliphatic rings. The van der Waals surface area contributed by atoms with Crippen molar-refractivity contribution in [2.45, 2.75) is 66.1 Å². The van der Waals surface area contributed by atoms with Crippen molar-refractivity contribution in [1.82, 2.24) is 4.98 Å². The van der Waals surface area contributed by atoms with Crippen molar-refractivity contribution in [3.05, 3.63) is 46.5 Å². The summed E-state index contributed by atoms with van der Waals surface area (Å²) in [6.07, 6.45) is 4.09. The van der Waals surface area contributed by atoms with Crippen molar-refractivity contribution >= 4 is 52.3 Å². The van der Waals surface area contributed by atoms with Gasteiger partial charge in [0.15, 0.2) is 10.0 Å². The molecule has 2 aromatic rings. The second-order valence-electron chi connectivity index (χ2n) is 7.72. The molecule has 0 saturated heterocycles. The minimum atomic E-state index is -0.997. The van der Waals surface area contributed by atoms with Gasteiger partial charge >= 0.3 is 5.97 Å². The summed E-state index contributed by atoms with van der Waals surface area (Å²) in [5.74, 6) is 0.232. The molecule has 30 heavy (non-hydrogen) atoms. The van der Waals surface area contributed by atoms with Crippen LogP contribution >= 0.6 is 46.3 Å². The Kier molecular flexibility index (Phi) is 8.90. The number of unbranched alkanes of at least 4 members (excludes halogenated alkanes) is 1. The standard InChI is InChI=1S/C22H27Cl2NO3S2/c1-2-3-4-19(26)13-5-7-14(8-6-13)20-15(16(23)11-17(20)24)9-10-29-22-25-18(12-30-22)21(27)28/h5-8,12,15-17,19-20,26H,2-4,9-11H2,1H3,(H,27,28). The molecule has 5 atom stereocenters. The van der Waals surface area contributed by atoms with E-state index in [4.69, 9.17) is 28.3 Å². The van der Waals surface area contributed by atoms with Gasteiger partial charge in [0.25, 0.3) is 0 Å². The summed E-state index contributed by atoms with van der Waals surface area (Å²) in [6, 6.07) is 8.18. The van der Waals surface area contributed by atoms with Gasteiger partial charge in [-0.15, -0.1) is 34.5 Å². The topological polar surface area (TPSA) is 70.4 Å². The number of aromatic carboxylic acids is 1. The zero-order chi connectivity index (χ0) is 21.7. The van der Waals surface area contributed by atoms with Crippen LogP contribution in [0.1, 0.15) is 72.7 Å². The van der Waals surface area contributed by atoms with E-state index in [9.17, 15) is 9.90 Å². The quantitative estimate of drug-likeness (QED) is 0.293. The Balaban J connectivity index is 1.63. The fourth-order valence-corrected chi connectivity index (χ4v) is 7.06. The molecule has 8 heteroatoms. The molecule has 0 spiro atoms. The number of aromatic nitrogens is 1. The van der Waals surface area contributed by atoms with Crippen molar-refractivity contribution < 1.29 is 15.0 Å². The lowest BCUT2D eigenvalue weighted by molar-refractivity contribution is 0.0691. The second kappa shape index (κ2) is 11.2. The Morgan fingerprint density at radius 1 is 1.30 bits per heavy atom. The molecule has 5 unspecified atom stereocenters. The minimum absolute atomic E-state index is 0.0128. The van der Waals surface area contributed by atoms with Crippen molar-refractivity contribution in [2.75, 3.05) is 5.75 Å². The normalized spacial score (nSPS) is 24.8. The van der Waals surface area contributed by atoms with Crippen LogP contribution in [0.5, 0.6) is 0 Å². The summed E-state index contributed by atoms with van der Waals surface area (Å²) in [6.45, 7) is 2.12. The summed E-state index contributed by atoms with van der Waals surface area (Å²) in [5, 5.41) is 20.9.